The maximum absolute atomic E-state index is 12.8. The number of benzene rings is 2. The summed E-state index contributed by atoms with van der Waals surface area (Å²) in [6, 6.07) is 15.0. The van der Waals surface area contributed by atoms with Crippen LogP contribution < -0.4 is 10.6 Å². The molecule has 1 atom stereocenters. The van der Waals surface area contributed by atoms with Crippen LogP contribution in [0.2, 0.25) is 5.02 Å². The lowest BCUT2D eigenvalue weighted by Crippen LogP contribution is -2.43. The highest BCUT2D eigenvalue weighted by molar-refractivity contribution is 6.31. The highest BCUT2D eigenvalue weighted by Crippen LogP contribution is 2.34. The van der Waals surface area contributed by atoms with Gasteiger partial charge in [-0.3, -0.25) is 9.59 Å². The van der Waals surface area contributed by atoms with Gasteiger partial charge in [-0.25, -0.2) is 0 Å². The first-order chi connectivity index (χ1) is 14.9. The molecule has 4 rings (SSSR count). The van der Waals surface area contributed by atoms with Crippen molar-refractivity contribution in [3.8, 4) is 0 Å². The lowest BCUT2D eigenvalue weighted by atomic mass is 9.84. The van der Waals surface area contributed by atoms with Crippen molar-refractivity contribution in [1.82, 2.24) is 5.32 Å². The largest absolute Gasteiger partial charge is 0.509 e. The molecule has 162 valence electrons. The number of hydrogen-bond acceptors (Lipinski definition) is 3. The van der Waals surface area contributed by atoms with Gasteiger partial charge in [-0.1, -0.05) is 61.2 Å². The summed E-state index contributed by atoms with van der Waals surface area (Å²) >= 11 is 6.23. The van der Waals surface area contributed by atoms with Crippen LogP contribution in [0.25, 0.3) is 0 Å². The number of anilines is 1. The van der Waals surface area contributed by atoms with Gasteiger partial charge in [0.05, 0.1) is 5.54 Å². The van der Waals surface area contributed by atoms with E-state index in [0.717, 1.165) is 5.56 Å². The number of halogens is 1. The van der Waals surface area contributed by atoms with Crippen molar-refractivity contribution in [1.29, 1.82) is 0 Å². The lowest BCUT2D eigenvalue weighted by molar-refractivity contribution is -0.121. The Hall–Kier alpha value is -2.79. The Bertz CT molecular complexity index is 1030. The third kappa shape index (κ3) is 4.47. The van der Waals surface area contributed by atoms with Crippen LogP contribution in [-0.4, -0.2) is 22.5 Å². The lowest BCUT2D eigenvalue weighted by Gasteiger charge is -2.25. The SMILES string of the molecule is CC1(Cc2ccccc2Cl)NC(=O)C(C(=O)Nc2ccc(C3CCCCC3)cc2)=C1O. The van der Waals surface area contributed by atoms with E-state index in [2.05, 4.69) is 10.6 Å². The minimum atomic E-state index is -1.10. The molecular formula is C25H27ClN2O3. The van der Waals surface area contributed by atoms with Crippen molar-refractivity contribution in [3.63, 3.8) is 0 Å². The Labute approximate surface area is 187 Å². The summed E-state index contributed by atoms with van der Waals surface area (Å²) in [6.45, 7) is 1.68. The zero-order chi connectivity index (χ0) is 22.0. The molecule has 1 fully saturated rings. The molecule has 1 aliphatic heterocycles. The third-order valence-corrected chi connectivity index (χ3v) is 6.72. The van der Waals surface area contributed by atoms with E-state index >= 15 is 0 Å². The molecule has 0 aromatic heterocycles. The Morgan fingerprint density at radius 3 is 2.48 bits per heavy atom. The predicted molar refractivity (Wildman–Crippen MR) is 122 cm³/mol. The van der Waals surface area contributed by atoms with Gasteiger partial charge in [0.2, 0.25) is 0 Å². The average Bonchev–Trinajstić information content (AvgIpc) is 2.99. The number of nitrogens with one attached hydrogen (secondary N) is 2. The zero-order valence-electron chi connectivity index (χ0n) is 17.6. The fourth-order valence-corrected chi connectivity index (χ4v) is 4.79. The summed E-state index contributed by atoms with van der Waals surface area (Å²) in [4.78, 5) is 25.4. The Morgan fingerprint density at radius 1 is 1.13 bits per heavy atom. The second kappa shape index (κ2) is 8.75. The molecule has 2 amide bonds. The summed E-state index contributed by atoms with van der Waals surface area (Å²) in [5, 5.41) is 16.8. The Kier molecular flexibility index (Phi) is 6.05. The zero-order valence-corrected chi connectivity index (χ0v) is 18.3. The molecule has 6 heteroatoms. The number of amides is 2. The van der Waals surface area contributed by atoms with Gasteiger partial charge in [0, 0.05) is 17.1 Å². The molecule has 1 unspecified atom stereocenters. The molecule has 1 saturated carbocycles. The number of carbonyl (C=O) groups is 2. The van der Waals surface area contributed by atoms with Crippen LogP contribution in [0, 0.1) is 0 Å². The summed E-state index contributed by atoms with van der Waals surface area (Å²) < 4.78 is 0. The maximum atomic E-state index is 12.8. The first-order valence-corrected chi connectivity index (χ1v) is 11.2. The standard InChI is InChI=1S/C25H27ClN2O3/c1-25(15-18-9-5-6-10-20(18)26)22(29)21(24(31)28-25)23(30)27-19-13-11-17(12-14-19)16-7-3-2-4-8-16/h5-6,9-14,16,29H,2-4,7-8,15H2,1H3,(H,27,30)(H,28,31). The van der Waals surface area contributed by atoms with Crippen LogP contribution in [0.4, 0.5) is 5.69 Å². The molecule has 1 aliphatic carbocycles. The normalized spacial score (nSPS) is 21.8. The molecule has 2 aliphatic rings. The van der Waals surface area contributed by atoms with Crippen molar-refractivity contribution < 1.29 is 14.7 Å². The van der Waals surface area contributed by atoms with Gasteiger partial charge in [-0.05, 0) is 55.0 Å². The molecule has 0 spiro atoms. The number of rotatable bonds is 5. The number of aliphatic hydroxyl groups is 1. The number of carbonyl (C=O) groups excluding carboxylic acids is 2. The van der Waals surface area contributed by atoms with Crippen molar-refractivity contribution in [2.45, 2.75) is 56.9 Å². The number of hydrogen-bond donors (Lipinski definition) is 3. The summed E-state index contributed by atoms with van der Waals surface area (Å²) in [5.74, 6) is -0.906. The molecule has 31 heavy (non-hydrogen) atoms. The molecular weight excluding hydrogens is 412 g/mol. The van der Waals surface area contributed by atoms with Gasteiger partial charge in [-0.15, -0.1) is 0 Å². The van der Waals surface area contributed by atoms with E-state index in [0.29, 0.717) is 16.6 Å². The van der Waals surface area contributed by atoms with E-state index in [-0.39, 0.29) is 17.8 Å². The second-order valence-corrected chi connectivity index (χ2v) is 9.10. The smallest absolute Gasteiger partial charge is 0.264 e. The van der Waals surface area contributed by atoms with Gasteiger partial charge in [0.25, 0.3) is 11.8 Å². The minimum absolute atomic E-state index is 0.258. The van der Waals surface area contributed by atoms with Gasteiger partial charge < -0.3 is 15.7 Å². The molecule has 0 radical (unpaired) electrons. The fourth-order valence-electron chi connectivity index (χ4n) is 4.59. The summed E-state index contributed by atoms with van der Waals surface area (Å²) in [5.41, 5.74) is 1.30. The van der Waals surface area contributed by atoms with E-state index in [9.17, 15) is 14.7 Å². The van der Waals surface area contributed by atoms with Crippen molar-refractivity contribution in [3.05, 3.63) is 76.0 Å². The second-order valence-electron chi connectivity index (χ2n) is 8.69. The van der Waals surface area contributed by atoms with E-state index in [1.807, 2.05) is 42.5 Å². The van der Waals surface area contributed by atoms with Gasteiger partial charge in [-0.2, -0.15) is 0 Å². The Balaban J connectivity index is 1.49. The predicted octanol–water partition coefficient (Wildman–Crippen LogP) is 5.27. The molecule has 0 bridgehead atoms. The highest BCUT2D eigenvalue weighted by atomic mass is 35.5. The monoisotopic (exact) mass is 438 g/mol. The molecule has 1 heterocycles. The van der Waals surface area contributed by atoms with Gasteiger partial charge in [0.15, 0.2) is 0 Å². The van der Waals surface area contributed by atoms with Crippen molar-refractivity contribution in [2.75, 3.05) is 5.32 Å². The van der Waals surface area contributed by atoms with Gasteiger partial charge in [0.1, 0.15) is 11.3 Å². The van der Waals surface area contributed by atoms with E-state index < -0.39 is 17.4 Å². The Morgan fingerprint density at radius 2 is 1.81 bits per heavy atom. The van der Waals surface area contributed by atoms with Crippen LogP contribution in [0.3, 0.4) is 0 Å². The molecule has 5 nitrogen and oxygen atoms in total. The fraction of sp³-hybridized carbons (Fsp3) is 0.360. The molecule has 0 saturated heterocycles. The van der Waals surface area contributed by atoms with Crippen molar-refractivity contribution in [2.24, 2.45) is 0 Å². The first-order valence-electron chi connectivity index (χ1n) is 10.8. The minimum Gasteiger partial charge on any atom is -0.509 e. The summed E-state index contributed by atoms with van der Waals surface area (Å²) in [6.07, 6.45) is 6.52. The first kappa shape index (κ1) is 21.4. The van der Waals surface area contributed by atoms with Crippen molar-refractivity contribution >= 4 is 29.1 Å². The third-order valence-electron chi connectivity index (χ3n) is 6.35. The molecule has 2 aromatic carbocycles. The topological polar surface area (TPSA) is 78.4 Å². The molecule has 2 aromatic rings. The van der Waals surface area contributed by atoms with E-state index in [4.69, 9.17) is 11.6 Å². The number of aliphatic hydroxyl groups excluding tert-OH is 1. The van der Waals surface area contributed by atoms with Gasteiger partial charge >= 0.3 is 0 Å². The van der Waals surface area contributed by atoms with E-state index in [1.54, 1.807) is 13.0 Å². The van der Waals surface area contributed by atoms with Crippen LogP contribution in [0.15, 0.2) is 59.9 Å². The highest BCUT2D eigenvalue weighted by Gasteiger charge is 2.44. The van der Waals surface area contributed by atoms with Crippen LogP contribution >= 0.6 is 11.6 Å². The quantitative estimate of drug-likeness (QED) is 0.556. The molecule has 3 N–H and O–H groups in total. The van der Waals surface area contributed by atoms with Crippen LogP contribution in [0.1, 0.15) is 56.1 Å². The van der Waals surface area contributed by atoms with Crippen LogP contribution in [0.5, 0.6) is 0 Å². The average molecular weight is 439 g/mol. The van der Waals surface area contributed by atoms with Crippen LogP contribution in [-0.2, 0) is 16.0 Å². The summed E-state index contributed by atoms with van der Waals surface area (Å²) in [7, 11) is 0. The maximum Gasteiger partial charge on any atom is 0.264 e. The van der Waals surface area contributed by atoms with E-state index in [1.165, 1.54) is 37.7 Å².